The lowest BCUT2D eigenvalue weighted by atomic mass is 9.89. The normalized spacial score (nSPS) is 45.0. The fraction of sp³-hybridized carbons (Fsp3) is 1.00. The predicted octanol–water partition coefficient (Wildman–Crippen LogP) is -0.465. The molecule has 3 nitrogen and oxygen atoms in total. The molecule has 1 fully saturated rings. The van der Waals surface area contributed by atoms with E-state index in [4.69, 9.17) is 11.5 Å². The first-order valence-corrected chi connectivity index (χ1v) is 3.37. The minimum atomic E-state index is -0.975. The van der Waals surface area contributed by atoms with Crippen molar-refractivity contribution in [1.29, 1.82) is 0 Å². The van der Waals surface area contributed by atoms with E-state index >= 15 is 0 Å². The molecule has 2 unspecified atom stereocenters. The van der Waals surface area contributed by atoms with Gasteiger partial charge in [-0.25, -0.2) is 0 Å². The van der Waals surface area contributed by atoms with Gasteiger partial charge in [0.1, 0.15) is 5.72 Å². The van der Waals surface area contributed by atoms with Crippen LogP contribution in [0.4, 0.5) is 0 Å². The number of hydrogen-bond donors (Lipinski definition) is 3. The molecule has 2 atom stereocenters. The van der Waals surface area contributed by atoms with Crippen molar-refractivity contribution >= 4 is 0 Å². The highest BCUT2D eigenvalue weighted by Crippen LogP contribution is 2.22. The highest BCUT2D eigenvalue weighted by Gasteiger charge is 2.27. The van der Waals surface area contributed by atoms with Gasteiger partial charge in [0.25, 0.3) is 0 Å². The summed E-state index contributed by atoms with van der Waals surface area (Å²) in [6.07, 6.45) is 3.20. The van der Waals surface area contributed by atoms with E-state index < -0.39 is 5.72 Å². The molecule has 0 amide bonds. The van der Waals surface area contributed by atoms with Crippen LogP contribution in [0.5, 0.6) is 0 Å². The van der Waals surface area contributed by atoms with Crippen LogP contribution in [0, 0.1) is 0 Å². The van der Waals surface area contributed by atoms with Gasteiger partial charge in [-0.3, -0.25) is 0 Å². The summed E-state index contributed by atoms with van der Waals surface area (Å²) in [5, 5.41) is 9.24. The molecule has 1 aliphatic carbocycles. The Morgan fingerprint density at radius 1 is 1.56 bits per heavy atom. The molecule has 0 heterocycles. The zero-order valence-corrected chi connectivity index (χ0v) is 5.51. The van der Waals surface area contributed by atoms with Crippen molar-refractivity contribution < 1.29 is 5.11 Å². The third-order valence-corrected chi connectivity index (χ3v) is 1.80. The third kappa shape index (κ3) is 1.93. The van der Waals surface area contributed by atoms with Gasteiger partial charge < -0.3 is 16.6 Å². The van der Waals surface area contributed by atoms with E-state index in [0.29, 0.717) is 12.8 Å². The van der Waals surface area contributed by atoms with Crippen LogP contribution < -0.4 is 11.5 Å². The summed E-state index contributed by atoms with van der Waals surface area (Å²) in [7, 11) is 0. The van der Waals surface area contributed by atoms with Crippen molar-refractivity contribution in [2.24, 2.45) is 11.5 Å². The smallest absolute Gasteiger partial charge is 0.115 e. The van der Waals surface area contributed by atoms with Crippen LogP contribution in [-0.2, 0) is 0 Å². The number of nitrogens with two attached hydrogens (primary N) is 2. The van der Waals surface area contributed by atoms with Gasteiger partial charge in [0.15, 0.2) is 0 Å². The van der Waals surface area contributed by atoms with Crippen molar-refractivity contribution in [1.82, 2.24) is 0 Å². The summed E-state index contributed by atoms with van der Waals surface area (Å²) < 4.78 is 0. The third-order valence-electron chi connectivity index (χ3n) is 1.80. The minimum Gasteiger partial charge on any atom is -0.376 e. The monoisotopic (exact) mass is 130 g/mol. The first-order valence-electron chi connectivity index (χ1n) is 3.37. The maximum atomic E-state index is 9.24. The Balaban J connectivity index is 2.41. The average molecular weight is 130 g/mol. The van der Waals surface area contributed by atoms with Crippen LogP contribution in [0.25, 0.3) is 0 Å². The van der Waals surface area contributed by atoms with Gasteiger partial charge in [-0.05, 0) is 19.3 Å². The van der Waals surface area contributed by atoms with Gasteiger partial charge >= 0.3 is 0 Å². The van der Waals surface area contributed by atoms with E-state index in [0.717, 1.165) is 12.8 Å². The van der Waals surface area contributed by atoms with Crippen LogP contribution >= 0.6 is 0 Å². The highest BCUT2D eigenvalue weighted by atomic mass is 16.3. The molecule has 0 radical (unpaired) electrons. The molecule has 3 heteroatoms. The average Bonchev–Trinajstić information content (AvgIpc) is 1.60. The largest absolute Gasteiger partial charge is 0.376 e. The first kappa shape index (κ1) is 6.99. The van der Waals surface area contributed by atoms with Gasteiger partial charge in [-0.2, -0.15) is 0 Å². The van der Waals surface area contributed by atoms with Gasteiger partial charge in [-0.1, -0.05) is 0 Å². The molecule has 0 bridgehead atoms. The van der Waals surface area contributed by atoms with E-state index in [1.807, 2.05) is 0 Å². The van der Waals surface area contributed by atoms with Crippen LogP contribution in [-0.4, -0.2) is 16.9 Å². The summed E-state index contributed by atoms with van der Waals surface area (Å²) in [6, 6.07) is 0.105. The molecule has 0 spiro atoms. The lowest BCUT2D eigenvalue weighted by Gasteiger charge is -2.31. The fourth-order valence-electron chi connectivity index (χ4n) is 1.33. The van der Waals surface area contributed by atoms with Gasteiger partial charge in [0.05, 0.1) is 0 Å². The van der Waals surface area contributed by atoms with Crippen molar-refractivity contribution in [3.8, 4) is 0 Å². The van der Waals surface area contributed by atoms with Crippen molar-refractivity contribution in [3.05, 3.63) is 0 Å². The van der Waals surface area contributed by atoms with Crippen molar-refractivity contribution in [2.75, 3.05) is 0 Å². The van der Waals surface area contributed by atoms with Gasteiger partial charge in [-0.15, -0.1) is 0 Å². The summed E-state index contributed by atoms with van der Waals surface area (Å²) in [5.74, 6) is 0. The highest BCUT2D eigenvalue weighted by molar-refractivity contribution is 4.82. The van der Waals surface area contributed by atoms with E-state index in [1.165, 1.54) is 0 Å². The molecule has 0 aromatic rings. The van der Waals surface area contributed by atoms with Crippen LogP contribution in [0.1, 0.15) is 25.7 Å². The molecule has 0 aliphatic heterocycles. The summed E-state index contributed by atoms with van der Waals surface area (Å²) in [5.41, 5.74) is 10.0. The lowest BCUT2D eigenvalue weighted by molar-refractivity contribution is 0.00374. The fourth-order valence-corrected chi connectivity index (χ4v) is 1.33. The predicted molar refractivity (Wildman–Crippen MR) is 35.6 cm³/mol. The van der Waals surface area contributed by atoms with E-state index in [-0.39, 0.29) is 6.04 Å². The second-order valence-electron chi connectivity index (χ2n) is 2.96. The van der Waals surface area contributed by atoms with Crippen molar-refractivity contribution in [3.63, 3.8) is 0 Å². The van der Waals surface area contributed by atoms with Gasteiger partial charge in [0, 0.05) is 12.5 Å². The summed E-state index contributed by atoms with van der Waals surface area (Å²) >= 11 is 0. The van der Waals surface area contributed by atoms with Crippen LogP contribution in [0.3, 0.4) is 0 Å². The summed E-state index contributed by atoms with van der Waals surface area (Å²) in [6.45, 7) is 0. The second kappa shape index (κ2) is 2.25. The zero-order chi connectivity index (χ0) is 6.91. The molecular formula is C6H14N2O. The Kier molecular flexibility index (Phi) is 1.75. The minimum absolute atomic E-state index is 0.105. The van der Waals surface area contributed by atoms with E-state index in [9.17, 15) is 5.11 Å². The Morgan fingerprint density at radius 2 is 2.22 bits per heavy atom. The maximum Gasteiger partial charge on any atom is 0.115 e. The van der Waals surface area contributed by atoms with Crippen LogP contribution in [0.2, 0.25) is 0 Å². The molecule has 1 saturated carbocycles. The Hall–Kier alpha value is -0.120. The molecule has 0 saturated heterocycles. The SMILES string of the molecule is NC1CCCC(N)(O)C1. The molecule has 54 valence electrons. The number of hydrogen-bond acceptors (Lipinski definition) is 3. The number of rotatable bonds is 0. The quantitative estimate of drug-likeness (QED) is 0.388. The van der Waals surface area contributed by atoms with Crippen LogP contribution in [0.15, 0.2) is 0 Å². The number of aliphatic hydroxyl groups is 1. The molecule has 0 aromatic carbocycles. The van der Waals surface area contributed by atoms with E-state index in [2.05, 4.69) is 0 Å². The molecule has 5 N–H and O–H groups in total. The van der Waals surface area contributed by atoms with E-state index in [1.54, 1.807) is 0 Å². The molecule has 1 aliphatic rings. The molecular weight excluding hydrogens is 116 g/mol. The Labute approximate surface area is 55.0 Å². The second-order valence-corrected chi connectivity index (χ2v) is 2.96. The van der Waals surface area contributed by atoms with Gasteiger partial charge in [0.2, 0.25) is 0 Å². The topological polar surface area (TPSA) is 72.3 Å². The first-order chi connectivity index (χ1) is 4.10. The maximum absolute atomic E-state index is 9.24. The summed E-state index contributed by atoms with van der Waals surface area (Å²) in [4.78, 5) is 0. The molecule has 1 rings (SSSR count). The lowest BCUT2D eigenvalue weighted by Crippen LogP contribution is -2.47. The Morgan fingerprint density at radius 3 is 2.56 bits per heavy atom. The Bertz CT molecular complexity index is 103. The molecule has 0 aromatic heterocycles. The van der Waals surface area contributed by atoms with Crippen molar-refractivity contribution in [2.45, 2.75) is 37.5 Å². The molecule has 9 heavy (non-hydrogen) atoms. The zero-order valence-electron chi connectivity index (χ0n) is 5.51. The standard InChI is InChI=1S/C6H14N2O/c7-5-2-1-3-6(8,9)4-5/h5,9H,1-4,7-8H2.